The Kier molecular flexibility index (Phi) is 6.31. The molecule has 0 bridgehead atoms. The van der Waals surface area contributed by atoms with Crippen LogP contribution in [0, 0.1) is 5.92 Å². The average molecular weight is 222 g/mol. The molecular formula is C8H14O5S. The summed E-state index contributed by atoms with van der Waals surface area (Å²) in [6.45, 7) is 0. The van der Waals surface area contributed by atoms with Crippen molar-refractivity contribution in [1.29, 1.82) is 0 Å². The molecule has 0 aliphatic rings. The largest absolute Gasteiger partial charge is 0.481 e. The Morgan fingerprint density at radius 1 is 1.29 bits per heavy atom. The van der Waals surface area contributed by atoms with Crippen LogP contribution >= 0.6 is 11.8 Å². The molecule has 0 amide bonds. The Balaban J connectivity index is 4.15. The number of hydrogen-bond donors (Lipinski definition) is 3. The number of aliphatic hydroxyl groups is 1. The highest BCUT2D eigenvalue weighted by Crippen LogP contribution is 2.14. The van der Waals surface area contributed by atoms with Crippen LogP contribution in [0.5, 0.6) is 0 Å². The molecule has 0 rings (SSSR count). The molecule has 82 valence electrons. The lowest BCUT2D eigenvalue weighted by molar-refractivity contribution is -0.159. The van der Waals surface area contributed by atoms with E-state index in [9.17, 15) is 9.59 Å². The van der Waals surface area contributed by atoms with E-state index in [1.165, 1.54) is 0 Å². The summed E-state index contributed by atoms with van der Waals surface area (Å²) in [5, 5.41) is 26.2. The fraction of sp³-hybridized carbons (Fsp3) is 0.750. The van der Waals surface area contributed by atoms with E-state index in [0.29, 0.717) is 6.42 Å². The first-order chi connectivity index (χ1) is 6.50. The first kappa shape index (κ1) is 13.2. The number of rotatable bonds is 7. The third kappa shape index (κ3) is 4.48. The van der Waals surface area contributed by atoms with E-state index in [-0.39, 0.29) is 6.42 Å². The van der Waals surface area contributed by atoms with Gasteiger partial charge >= 0.3 is 11.9 Å². The molecule has 0 radical (unpaired) electrons. The molecule has 6 heteroatoms. The highest BCUT2D eigenvalue weighted by atomic mass is 32.2. The molecule has 0 saturated heterocycles. The summed E-state index contributed by atoms with van der Waals surface area (Å²) in [5.74, 6) is -3.20. The molecule has 3 N–H and O–H groups in total. The van der Waals surface area contributed by atoms with Crippen molar-refractivity contribution in [2.24, 2.45) is 5.92 Å². The molecule has 0 fully saturated rings. The maximum Gasteiger partial charge on any atom is 0.333 e. The quantitative estimate of drug-likeness (QED) is 0.535. The number of thioether (sulfide) groups is 1. The van der Waals surface area contributed by atoms with Gasteiger partial charge in [-0.05, 0) is 24.9 Å². The maximum absolute atomic E-state index is 10.6. The average Bonchev–Trinajstić information content (AvgIpc) is 2.10. The maximum atomic E-state index is 10.6. The van der Waals surface area contributed by atoms with Crippen molar-refractivity contribution in [3.63, 3.8) is 0 Å². The van der Waals surface area contributed by atoms with E-state index < -0.39 is 24.0 Å². The van der Waals surface area contributed by atoms with Crippen LogP contribution in [0.25, 0.3) is 0 Å². The second-order valence-corrected chi connectivity index (χ2v) is 3.85. The Labute approximate surface area is 86.1 Å². The molecule has 0 spiro atoms. The predicted molar refractivity (Wildman–Crippen MR) is 52.4 cm³/mol. The second kappa shape index (κ2) is 6.67. The Morgan fingerprint density at radius 2 is 1.86 bits per heavy atom. The lowest BCUT2D eigenvalue weighted by atomic mass is 9.97. The van der Waals surface area contributed by atoms with Crippen LogP contribution in [0.4, 0.5) is 0 Å². The van der Waals surface area contributed by atoms with Gasteiger partial charge in [-0.3, -0.25) is 4.79 Å². The Morgan fingerprint density at radius 3 is 2.21 bits per heavy atom. The van der Waals surface area contributed by atoms with Crippen molar-refractivity contribution in [2.45, 2.75) is 18.9 Å². The zero-order valence-electron chi connectivity index (χ0n) is 7.84. The first-order valence-electron chi connectivity index (χ1n) is 4.13. The summed E-state index contributed by atoms with van der Waals surface area (Å²) in [6, 6.07) is 0. The third-order valence-electron chi connectivity index (χ3n) is 1.81. The predicted octanol–water partition coefficient (Wildman–Crippen LogP) is 0.276. The lowest BCUT2D eigenvalue weighted by Crippen LogP contribution is -2.34. The summed E-state index contributed by atoms with van der Waals surface area (Å²) >= 11 is 1.55. The number of aliphatic hydroxyl groups excluding tert-OH is 1. The monoisotopic (exact) mass is 222 g/mol. The standard InChI is InChI=1S/C8H14O5S/c1-14-4-2-3-5(7(10)11)6(9)8(12)13/h5-6,9H,2-4H2,1H3,(H,10,11)(H,12,13). The van der Waals surface area contributed by atoms with Crippen molar-refractivity contribution in [1.82, 2.24) is 0 Å². The molecule has 0 aliphatic carbocycles. The molecule has 0 aromatic rings. The van der Waals surface area contributed by atoms with E-state index >= 15 is 0 Å². The van der Waals surface area contributed by atoms with Gasteiger partial charge < -0.3 is 15.3 Å². The molecule has 5 nitrogen and oxygen atoms in total. The minimum atomic E-state index is -1.81. The van der Waals surface area contributed by atoms with Crippen LogP contribution in [-0.2, 0) is 9.59 Å². The van der Waals surface area contributed by atoms with Gasteiger partial charge in [-0.15, -0.1) is 0 Å². The number of carbonyl (C=O) groups is 2. The van der Waals surface area contributed by atoms with Gasteiger partial charge in [0.15, 0.2) is 6.10 Å². The summed E-state index contributed by atoms with van der Waals surface area (Å²) in [6.07, 6.45) is 0.838. The zero-order chi connectivity index (χ0) is 11.1. The molecule has 0 heterocycles. The lowest BCUT2D eigenvalue weighted by Gasteiger charge is -2.14. The fourth-order valence-corrected chi connectivity index (χ4v) is 1.49. The van der Waals surface area contributed by atoms with Crippen LogP contribution < -0.4 is 0 Å². The van der Waals surface area contributed by atoms with Gasteiger partial charge in [-0.1, -0.05) is 0 Å². The van der Waals surface area contributed by atoms with Crippen LogP contribution in [0.2, 0.25) is 0 Å². The number of aliphatic carboxylic acids is 2. The van der Waals surface area contributed by atoms with Crippen LogP contribution in [0.15, 0.2) is 0 Å². The van der Waals surface area contributed by atoms with E-state index in [2.05, 4.69) is 0 Å². The van der Waals surface area contributed by atoms with E-state index in [1.807, 2.05) is 6.26 Å². The smallest absolute Gasteiger partial charge is 0.333 e. The Hall–Kier alpha value is -0.750. The highest BCUT2D eigenvalue weighted by Gasteiger charge is 2.31. The van der Waals surface area contributed by atoms with Crippen LogP contribution in [0.3, 0.4) is 0 Å². The summed E-state index contributed by atoms with van der Waals surface area (Å²) in [5.41, 5.74) is 0. The minimum absolute atomic E-state index is 0.184. The highest BCUT2D eigenvalue weighted by molar-refractivity contribution is 7.98. The third-order valence-corrected chi connectivity index (χ3v) is 2.51. The minimum Gasteiger partial charge on any atom is -0.481 e. The summed E-state index contributed by atoms with van der Waals surface area (Å²) in [4.78, 5) is 21.0. The molecule has 0 aliphatic heterocycles. The van der Waals surface area contributed by atoms with E-state index in [0.717, 1.165) is 5.75 Å². The summed E-state index contributed by atoms with van der Waals surface area (Å²) in [7, 11) is 0. The van der Waals surface area contributed by atoms with Crippen LogP contribution in [-0.4, -0.2) is 45.4 Å². The number of carboxylic acid groups (broad SMARTS) is 2. The fourth-order valence-electron chi connectivity index (χ4n) is 1.04. The normalized spacial score (nSPS) is 14.7. The summed E-state index contributed by atoms with van der Waals surface area (Å²) < 4.78 is 0. The zero-order valence-corrected chi connectivity index (χ0v) is 8.66. The van der Waals surface area contributed by atoms with Gasteiger partial charge in [0.25, 0.3) is 0 Å². The number of hydrogen-bond acceptors (Lipinski definition) is 4. The van der Waals surface area contributed by atoms with Crippen molar-refractivity contribution < 1.29 is 24.9 Å². The topological polar surface area (TPSA) is 94.8 Å². The molecule has 2 unspecified atom stereocenters. The second-order valence-electron chi connectivity index (χ2n) is 2.86. The molecule has 0 aromatic heterocycles. The Bertz CT molecular complexity index is 206. The molecule has 0 aromatic carbocycles. The van der Waals surface area contributed by atoms with Gasteiger partial charge in [0, 0.05) is 0 Å². The van der Waals surface area contributed by atoms with Gasteiger partial charge in [0.2, 0.25) is 0 Å². The number of carboxylic acids is 2. The molecular weight excluding hydrogens is 208 g/mol. The van der Waals surface area contributed by atoms with E-state index in [4.69, 9.17) is 15.3 Å². The van der Waals surface area contributed by atoms with E-state index in [1.54, 1.807) is 11.8 Å². The van der Waals surface area contributed by atoms with Crippen LogP contribution in [0.1, 0.15) is 12.8 Å². The van der Waals surface area contributed by atoms with Crippen molar-refractivity contribution in [2.75, 3.05) is 12.0 Å². The van der Waals surface area contributed by atoms with Gasteiger partial charge in [-0.25, -0.2) is 4.79 Å². The van der Waals surface area contributed by atoms with Gasteiger partial charge in [-0.2, -0.15) is 11.8 Å². The molecule has 14 heavy (non-hydrogen) atoms. The van der Waals surface area contributed by atoms with Gasteiger partial charge in [0.05, 0.1) is 5.92 Å². The SMILES string of the molecule is CSCCCC(C(=O)O)C(O)C(=O)O. The van der Waals surface area contributed by atoms with Crippen molar-refractivity contribution >= 4 is 23.7 Å². The molecule has 0 saturated carbocycles. The first-order valence-corrected chi connectivity index (χ1v) is 5.52. The van der Waals surface area contributed by atoms with Gasteiger partial charge in [0.1, 0.15) is 0 Å². The van der Waals surface area contributed by atoms with Crippen molar-refractivity contribution in [3.05, 3.63) is 0 Å². The van der Waals surface area contributed by atoms with Crippen molar-refractivity contribution in [3.8, 4) is 0 Å². The molecule has 2 atom stereocenters.